The van der Waals surface area contributed by atoms with Gasteiger partial charge in [0.25, 0.3) is 0 Å². The summed E-state index contributed by atoms with van der Waals surface area (Å²) in [6, 6.07) is 5.35. The van der Waals surface area contributed by atoms with Gasteiger partial charge in [0.1, 0.15) is 5.82 Å². The van der Waals surface area contributed by atoms with E-state index in [0.29, 0.717) is 18.8 Å². The number of hydrogen-bond donors (Lipinski definition) is 3. The van der Waals surface area contributed by atoms with Crippen molar-refractivity contribution >= 4 is 11.7 Å². The summed E-state index contributed by atoms with van der Waals surface area (Å²) >= 11 is 0. The van der Waals surface area contributed by atoms with E-state index in [4.69, 9.17) is 4.74 Å². The van der Waals surface area contributed by atoms with Gasteiger partial charge in [-0.3, -0.25) is 0 Å². The number of methoxy groups -OCH3 is 1. The number of halogens is 1. The zero-order valence-electron chi connectivity index (χ0n) is 11.5. The largest absolute Gasteiger partial charge is 0.383 e. The summed E-state index contributed by atoms with van der Waals surface area (Å²) in [5, 5.41) is 8.87. The molecule has 1 aromatic rings. The van der Waals surface area contributed by atoms with Gasteiger partial charge in [-0.25, -0.2) is 9.18 Å². The van der Waals surface area contributed by atoms with Crippen LogP contribution in [-0.4, -0.2) is 38.4 Å². The number of amides is 2. The van der Waals surface area contributed by atoms with Gasteiger partial charge in [-0.15, -0.1) is 0 Å². The second-order valence-corrected chi connectivity index (χ2v) is 5.06. The Balaban J connectivity index is 1.83. The molecule has 1 aliphatic heterocycles. The fraction of sp³-hybridized carbons (Fsp3) is 0.500. The lowest BCUT2D eigenvalue weighted by Gasteiger charge is -2.28. The summed E-state index contributed by atoms with van der Waals surface area (Å²) in [6.07, 6.45) is 2.04. The van der Waals surface area contributed by atoms with Crippen molar-refractivity contribution in [3.8, 4) is 0 Å². The lowest BCUT2D eigenvalue weighted by molar-refractivity contribution is 0.120. The van der Waals surface area contributed by atoms with Gasteiger partial charge in [0, 0.05) is 19.3 Å². The predicted molar refractivity (Wildman–Crippen MR) is 75.3 cm³/mol. The molecule has 0 spiro atoms. The van der Waals surface area contributed by atoms with Crippen LogP contribution < -0.4 is 16.0 Å². The first-order chi connectivity index (χ1) is 9.63. The number of ether oxygens (including phenoxy) is 1. The van der Waals surface area contributed by atoms with E-state index in [-0.39, 0.29) is 17.4 Å². The monoisotopic (exact) mass is 281 g/mol. The maximum absolute atomic E-state index is 12.8. The van der Waals surface area contributed by atoms with Crippen molar-refractivity contribution in [2.75, 3.05) is 32.1 Å². The minimum atomic E-state index is -0.329. The van der Waals surface area contributed by atoms with Crippen LogP contribution in [0.2, 0.25) is 0 Å². The summed E-state index contributed by atoms with van der Waals surface area (Å²) in [5.41, 5.74) is 0.374. The van der Waals surface area contributed by atoms with Crippen molar-refractivity contribution in [1.82, 2.24) is 10.6 Å². The SMILES string of the molecule is COCC1(CNC(=O)Nc2ccc(F)cc2)CCCN1. The highest BCUT2D eigenvalue weighted by molar-refractivity contribution is 5.89. The average molecular weight is 281 g/mol. The van der Waals surface area contributed by atoms with Gasteiger partial charge in [-0.05, 0) is 43.7 Å². The maximum Gasteiger partial charge on any atom is 0.319 e. The molecule has 1 aliphatic rings. The Bertz CT molecular complexity index is 444. The number of carbonyl (C=O) groups excluding carboxylic acids is 1. The second kappa shape index (κ2) is 6.67. The lowest BCUT2D eigenvalue weighted by Crippen LogP contribution is -2.53. The van der Waals surface area contributed by atoms with Crippen LogP contribution in [-0.2, 0) is 4.74 Å². The fourth-order valence-corrected chi connectivity index (χ4v) is 2.43. The zero-order valence-corrected chi connectivity index (χ0v) is 11.5. The van der Waals surface area contributed by atoms with E-state index in [2.05, 4.69) is 16.0 Å². The summed E-state index contributed by atoms with van der Waals surface area (Å²) in [7, 11) is 1.65. The Morgan fingerprint density at radius 1 is 1.45 bits per heavy atom. The summed E-state index contributed by atoms with van der Waals surface area (Å²) < 4.78 is 18.0. The molecule has 1 aromatic carbocycles. The summed E-state index contributed by atoms with van der Waals surface area (Å²) in [6.45, 7) is 1.99. The quantitative estimate of drug-likeness (QED) is 0.770. The Morgan fingerprint density at radius 3 is 2.80 bits per heavy atom. The average Bonchev–Trinajstić information content (AvgIpc) is 2.89. The van der Waals surface area contributed by atoms with Crippen LogP contribution in [0.1, 0.15) is 12.8 Å². The van der Waals surface area contributed by atoms with Gasteiger partial charge in [0.05, 0.1) is 12.1 Å². The highest BCUT2D eigenvalue weighted by atomic mass is 19.1. The van der Waals surface area contributed by atoms with E-state index < -0.39 is 0 Å². The lowest BCUT2D eigenvalue weighted by atomic mass is 9.99. The number of hydrogen-bond acceptors (Lipinski definition) is 3. The molecule has 0 saturated carbocycles. The molecule has 0 aromatic heterocycles. The molecule has 1 unspecified atom stereocenters. The maximum atomic E-state index is 12.8. The zero-order chi connectivity index (χ0) is 14.4. The molecule has 2 rings (SSSR count). The van der Waals surface area contributed by atoms with Crippen molar-refractivity contribution in [3.63, 3.8) is 0 Å². The normalized spacial score (nSPS) is 21.7. The van der Waals surface area contributed by atoms with Gasteiger partial charge in [-0.1, -0.05) is 0 Å². The van der Waals surface area contributed by atoms with Crippen LogP contribution in [0.25, 0.3) is 0 Å². The number of benzene rings is 1. The van der Waals surface area contributed by atoms with E-state index in [1.54, 1.807) is 7.11 Å². The molecule has 5 nitrogen and oxygen atoms in total. The molecular formula is C14H20FN3O2. The van der Waals surface area contributed by atoms with Crippen LogP contribution in [0.15, 0.2) is 24.3 Å². The molecule has 1 saturated heterocycles. The molecule has 3 N–H and O–H groups in total. The molecule has 6 heteroatoms. The van der Waals surface area contributed by atoms with E-state index >= 15 is 0 Å². The molecule has 0 aliphatic carbocycles. The van der Waals surface area contributed by atoms with E-state index in [1.807, 2.05) is 0 Å². The van der Waals surface area contributed by atoms with Crippen LogP contribution in [0.5, 0.6) is 0 Å². The second-order valence-electron chi connectivity index (χ2n) is 5.06. The van der Waals surface area contributed by atoms with Crippen molar-refractivity contribution in [3.05, 3.63) is 30.1 Å². The standard InChI is InChI=1S/C14H20FN3O2/c1-20-10-14(7-2-8-17-14)9-16-13(19)18-12-5-3-11(15)4-6-12/h3-6,17H,2,7-10H2,1H3,(H2,16,18,19). The molecule has 0 radical (unpaired) electrons. The van der Waals surface area contributed by atoms with Gasteiger partial charge in [0.15, 0.2) is 0 Å². The van der Waals surface area contributed by atoms with Crippen LogP contribution in [0.4, 0.5) is 14.9 Å². The Labute approximate surface area is 117 Å². The smallest absolute Gasteiger partial charge is 0.319 e. The van der Waals surface area contributed by atoms with Crippen LogP contribution >= 0.6 is 0 Å². The molecule has 20 heavy (non-hydrogen) atoms. The third kappa shape index (κ3) is 3.91. The Hall–Kier alpha value is -1.66. The van der Waals surface area contributed by atoms with Crippen molar-refractivity contribution < 1.29 is 13.9 Å². The molecule has 1 heterocycles. The van der Waals surface area contributed by atoms with Crippen molar-refractivity contribution in [2.45, 2.75) is 18.4 Å². The molecular weight excluding hydrogens is 261 g/mol. The highest BCUT2D eigenvalue weighted by Crippen LogP contribution is 2.18. The van der Waals surface area contributed by atoms with E-state index in [9.17, 15) is 9.18 Å². The molecule has 2 amide bonds. The van der Waals surface area contributed by atoms with Crippen LogP contribution in [0, 0.1) is 5.82 Å². The van der Waals surface area contributed by atoms with Crippen molar-refractivity contribution in [2.24, 2.45) is 0 Å². The fourth-order valence-electron chi connectivity index (χ4n) is 2.43. The minimum Gasteiger partial charge on any atom is -0.383 e. The van der Waals surface area contributed by atoms with Gasteiger partial charge in [0.2, 0.25) is 0 Å². The summed E-state index contributed by atoms with van der Waals surface area (Å²) in [4.78, 5) is 11.8. The first-order valence-electron chi connectivity index (χ1n) is 6.68. The third-order valence-corrected chi connectivity index (χ3v) is 3.44. The number of rotatable bonds is 5. The van der Waals surface area contributed by atoms with Crippen LogP contribution in [0.3, 0.4) is 0 Å². The number of carbonyl (C=O) groups is 1. The minimum absolute atomic E-state index is 0.186. The Morgan fingerprint density at radius 2 is 2.20 bits per heavy atom. The highest BCUT2D eigenvalue weighted by Gasteiger charge is 2.33. The van der Waals surface area contributed by atoms with E-state index in [1.165, 1.54) is 24.3 Å². The number of anilines is 1. The van der Waals surface area contributed by atoms with Gasteiger partial charge >= 0.3 is 6.03 Å². The van der Waals surface area contributed by atoms with Gasteiger partial charge < -0.3 is 20.7 Å². The molecule has 0 bridgehead atoms. The molecule has 1 atom stereocenters. The summed E-state index contributed by atoms with van der Waals surface area (Å²) in [5.74, 6) is -0.329. The molecule has 110 valence electrons. The number of nitrogens with one attached hydrogen (secondary N) is 3. The molecule has 1 fully saturated rings. The topological polar surface area (TPSA) is 62.4 Å². The van der Waals surface area contributed by atoms with Crippen molar-refractivity contribution in [1.29, 1.82) is 0 Å². The first-order valence-corrected chi connectivity index (χ1v) is 6.68. The van der Waals surface area contributed by atoms with Gasteiger partial charge in [-0.2, -0.15) is 0 Å². The predicted octanol–water partition coefficient (Wildman–Crippen LogP) is 1.72. The number of urea groups is 1. The third-order valence-electron chi connectivity index (χ3n) is 3.44. The first kappa shape index (κ1) is 14.7. The van der Waals surface area contributed by atoms with E-state index in [0.717, 1.165) is 19.4 Å². The Kier molecular flexibility index (Phi) is 4.92.